The summed E-state index contributed by atoms with van der Waals surface area (Å²) in [5.41, 5.74) is 1.79. The number of carbonyl (C=O) groups is 1. The van der Waals surface area contributed by atoms with Gasteiger partial charge in [-0.1, -0.05) is 26.0 Å². The third-order valence-corrected chi connectivity index (χ3v) is 4.39. The highest BCUT2D eigenvalue weighted by atomic mass is 16.2. The Morgan fingerprint density at radius 1 is 0.964 bits per heavy atom. The molecule has 0 bridgehead atoms. The van der Waals surface area contributed by atoms with Gasteiger partial charge >= 0.3 is 0 Å². The van der Waals surface area contributed by atoms with Crippen molar-refractivity contribution >= 4 is 11.9 Å². The second-order valence-corrected chi connectivity index (χ2v) is 7.21. The first-order valence-electron chi connectivity index (χ1n) is 10.6. The van der Waals surface area contributed by atoms with Crippen LogP contribution in [0.2, 0.25) is 0 Å². The number of hydrogen-bond acceptors (Lipinski definition) is 3. The van der Waals surface area contributed by atoms with Crippen LogP contribution < -0.4 is 10.6 Å². The zero-order valence-corrected chi connectivity index (χ0v) is 18.4. The van der Waals surface area contributed by atoms with Gasteiger partial charge in [-0.15, -0.1) is 0 Å². The molecule has 1 rings (SSSR count). The molecule has 0 aromatic heterocycles. The standard InChI is InChI=1S/C22H39N5O/c1-6-15-27(16-7-2)17-9-14-24-22(23-8-3)25-18-19-10-12-20(13-11-19)21(28)26(4)5/h10-13H,6-9,14-18H2,1-5H3,(H2,23,24,25). The molecule has 28 heavy (non-hydrogen) atoms. The zero-order valence-electron chi connectivity index (χ0n) is 18.4. The first-order chi connectivity index (χ1) is 13.5. The zero-order chi connectivity index (χ0) is 20.8. The molecule has 1 amide bonds. The van der Waals surface area contributed by atoms with Crippen molar-refractivity contribution in [2.75, 3.05) is 46.8 Å². The minimum atomic E-state index is 0.0187. The van der Waals surface area contributed by atoms with Gasteiger partial charge in [-0.05, 0) is 63.5 Å². The first-order valence-corrected chi connectivity index (χ1v) is 10.6. The van der Waals surface area contributed by atoms with E-state index < -0.39 is 0 Å². The van der Waals surface area contributed by atoms with Crippen LogP contribution in [0.25, 0.3) is 0 Å². The Labute approximate surface area is 171 Å². The molecule has 2 N–H and O–H groups in total. The van der Waals surface area contributed by atoms with Crippen LogP contribution in [0.15, 0.2) is 29.3 Å². The van der Waals surface area contributed by atoms with E-state index in [0.29, 0.717) is 12.1 Å². The average Bonchev–Trinajstić information content (AvgIpc) is 2.69. The highest BCUT2D eigenvalue weighted by Crippen LogP contribution is 2.07. The molecule has 0 fully saturated rings. The topological polar surface area (TPSA) is 60.0 Å². The first kappa shape index (κ1) is 24.0. The number of benzene rings is 1. The molecule has 158 valence electrons. The third-order valence-electron chi connectivity index (χ3n) is 4.39. The van der Waals surface area contributed by atoms with E-state index in [1.807, 2.05) is 24.3 Å². The second kappa shape index (κ2) is 14.0. The van der Waals surface area contributed by atoms with E-state index in [9.17, 15) is 4.79 Å². The third kappa shape index (κ3) is 9.22. The number of nitrogens with one attached hydrogen (secondary N) is 2. The molecule has 1 aromatic rings. The Kier molecular flexibility index (Phi) is 12.0. The van der Waals surface area contributed by atoms with E-state index in [4.69, 9.17) is 0 Å². The molecular weight excluding hydrogens is 350 g/mol. The Morgan fingerprint density at radius 2 is 1.61 bits per heavy atom. The highest BCUT2D eigenvalue weighted by Gasteiger charge is 2.07. The molecule has 0 atom stereocenters. The van der Waals surface area contributed by atoms with E-state index in [-0.39, 0.29) is 5.91 Å². The average molecular weight is 390 g/mol. The fraction of sp³-hybridized carbons (Fsp3) is 0.636. The summed E-state index contributed by atoms with van der Waals surface area (Å²) >= 11 is 0. The summed E-state index contributed by atoms with van der Waals surface area (Å²) in [5, 5.41) is 6.73. The fourth-order valence-electron chi connectivity index (χ4n) is 3.00. The van der Waals surface area contributed by atoms with Gasteiger partial charge in [0.1, 0.15) is 0 Å². The van der Waals surface area contributed by atoms with Crippen molar-refractivity contribution in [3.8, 4) is 0 Å². The van der Waals surface area contributed by atoms with Crippen molar-refractivity contribution in [3.05, 3.63) is 35.4 Å². The maximum atomic E-state index is 12.0. The normalized spacial score (nSPS) is 11.6. The Balaban J connectivity index is 2.51. The Morgan fingerprint density at radius 3 is 2.14 bits per heavy atom. The highest BCUT2D eigenvalue weighted by molar-refractivity contribution is 5.93. The quantitative estimate of drug-likeness (QED) is 0.328. The molecule has 0 radical (unpaired) electrons. The molecule has 0 spiro atoms. The lowest BCUT2D eigenvalue weighted by Crippen LogP contribution is -2.39. The smallest absolute Gasteiger partial charge is 0.253 e. The maximum absolute atomic E-state index is 12.0. The maximum Gasteiger partial charge on any atom is 0.253 e. The predicted molar refractivity (Wildman–Crippen MR) is 119 cm³/mol. The summed E-state index contributed by atoms with van der Waals surface area (Å²) in [6, 6.07) is 7.67. The van der Waals surface area contributed by atoms with Crippen LogP contribution in [0, 0.1) is 0 Å². The van der Waals surface area contributed by atoms with Gasteiger partial charge < -0.3 is 20.4 Å². The van der Waals surface area contributed by atoms with Crippen LogP contribution in [-0.4, -0.2) is 68.5 Å². The second-order valence-electron chi connectivity index (χ2n) is 7.21. The van der Waals surface area contributed by atoms with Crippen LogP contribution in [0.5, 0.6) is 0 Å². The van der Waals surface area contributed by atoms with E-state index in [1.54, 1.807) is 19.0 Å². The van der Waals surface area contributed by atoms with Gasteiger partial charge in [-0.25, -0.2) is 4.99 Å². The molecule has 0 saturated carbocycles. The summed E-state index contributed by atoms with van der Waals surface area (Å²) < 4.78 is 0. The minimum Gasteiger partial charge on any atom is -0.357 e. The molecule has 0 aliphatic carbocycles. The number of nitrogens with zero attached hydrogens (tertiary/aromatic N) is 3. The van der Waals surface area contributed by atoms with E-state index >= 15 is 0 Å². The molecule has 0 aliphatic heterocycles. The number of rotatable bonds is 12. The van der Waals surface area contributed by atoms with Gasteiger partial charge in [0.15, 0.2) is 5.96 Å². The van der Waals surface area contributed by atoms with Crippen molar-refractivity contribution in [1.82, 2.24) is 20.4 Å². The monoisotopic (exact) mass is 389 g/mol. The summed E-state index contributed by atoms with van der Waals surface area (Å²) in [7, 11) is 3.53. The van der Waals surface area contributed by atoms with E-state index in [2.05, 4.69) is 41.3 Å². The van der Waals surface area contributed by atoms with E-state index in [1.165, 1.54) is 25.9 Å². The van der Waals surface area contributed by atoms with Crippen LogP contribution in [0.1, 0.15) is 56.0 Å². The van der Waals surface area contributed by atoms with Gasteiger partial charge in [-0.3, -0.25) is 4.79 Å². The van der Waals surface area contributed by atoms with E-state index in [0.717, 1.165) is 37.6 Å². The molecule has 6 nitrogen and oxygen atoms in total. The van der Waals surface area contributed by atoms with Crippen molar-refractivity contribution in [2.24, 2.45) is 4.99 Å². The lowest BCUT2D eigenvalue weighted by Gasteiger charge is -2.21. The molecule has 0 aliphatic rings. The number of hydrogen-bond donors (Lipinski definition) is 2. The molecule has 0 saturated heterocycles. The van der Waals surface area contributed by atoms with Crippen molar-refractivity contribution in [1.29, 1.82) is 0 Å². The fourth-order valence-corrected chi connectivity index (χ4v) is 3.00. The summed E-state index contributed by atoms with van der Waals surface area (Å²) in [4.78, 5) is 20.7. The van der Waals surface area contributed by atoms with Crippen LogP contribution >= 0.6 is 0 Å². The molecular formula is C22H39N5O. The van der Waals surface area contributed by atoms with Gasteiger partial charge in [0.05, 0.1) is 6.54 Å². The van der Waals surface area contributed by atoms with Gasteiger partial charge in [0.25, 0.3) is 5.91 Å². The summed E-state index contributed by atoms with van der Waals surface area (Å²) in [6.45, 7) is 12.3. The van der Waals surface area contributed by atoms with Crippen LogP contribution in [0.4, 0.5) is 0 Å². The predicted octanol–water partition coefficient (Wildman–Crippen LogP) is 2.96. The SMILES string of the molecule is CCCN(CCC)CCCNC(=NCc1ccc(C(=O)N(C)C)cc1)NCC. The molecule has 1 aromatic carbocycles. The minimum absolute atomic E-state index is 0.0187. The molecule has 6 heteroatoms. The largest absolute Gasteiger partial charge is 0.357 e. The van der Waals surface area contributed by atoms with Crippen molar-refractivity contribution < 1.29 is 4.79 Å². The van der Waals surface area contributed by atoms with Crippen LogP contribution in [0.3, 0.4) is 0 Å². The Bertz CT molecular complexity index is 577. The molecule has 0 heterocycles. The van der Waals surface area contributed by atoms with Gasteiger partial charge in [-0.2, -0.15) is 0 Å². The number of amides is 1. The van der Waals surface area contributed by atoms with Crippen molar-refractivity contribution in [2.45, 2.75) is 46.6 Å². The number of carbonyl (C=O) groups excluding carboxylic acids is 1. The number of guanidine groups is 1. The summed E-state index contributed by atoms with van der Waals surface area (Å²) in [5.74, 6) is 0.860. The van der Waals surface area contributed by atoms with Gasteiger partial charge in [0.2, 0.25) is 0 Å². The summed E-state index contributed by atoms with van der Waals surface area (Å²) in [6.07, 6.45) is 3.51. The molecule has 0 unspecified atom stereocenters. The van der Waals surface area contributed by atoms with Crippen LogP contribution in [-0.2, 0) is 6.54 Å². The van der Waals surface area contributed by atoms with Crippen molar-refractivity contribution in [3.63, 3.8) is 0 Å². The lowest BCUT2D eigenvalue weighted by molar-refractivity contribution is 0.0827. The number of aliphatic imine (C=N–C) groups is 1. The van der Waals surface area contributed by atoms with Gasteiger partial charge in [0, 0.05) is 32.7 Å². The Hall–Kier alpha value is -2.08. The lowest BCUT2D eigenvalue weighted by atomic mass is 10.1.